The second kappa shape index (κ2) is 15.7. The Morgan fingerprint density at radius 3 is 2.31 bits per heavy atom. The molecule has 11 nitrogen and oxygen atoms in total. The van der Waals surface area contributed by atoms with E-state index in [1.54, 1.807) is 32.9 Å². The minimum Gasteiger partial charge on any atom is -0.508 e. The Morgan fingerprint density at radius 2 is 1.65 bits per heavy atom. The number of ether oxygens (including phenoxy) is 2. The SMILES string of the molecule is CO[C@@H]1C(=O)O[C@H](C)[C@H](C)/C=C(\C)C[C@H](C)C(=O)N[C@@H](C)C(=O)N(C)[C@H](Cc2c(Cl)[nH]c3ccccc23)C(=O)N[C@H]1c1ccc(O)cc1. The van der Waals surface area contributed by atoms with Crippen LogP contribution in [-0.2, 0) is 35.1 Å². The number of methoxy groups -OCH3 is 1. The molecule has 0 unspecified atom stereocenters. The van der Waals surface area contributed by atoms with Crippen molar-refractivity contribution >= 4 is 46.2 Å². The van der Waals surface area contributed by atoms with Crippen molar-refractivity contribution in [1.29, 1.82) is 0 Å². The van der Waals surface area contributed by atoms with Crippen LogP contribution in [-0.4, -0.2) is 77.1 Å². The Kier molecular flexibility index (Phi) is 11.9. The Morgan fingerprint density at radius 1 is 0.979 bits per heavy atom. The zero-order valence-corrected chi connectivity index (χ0v) is 29.1. The van der Waals surface area contributed by atoms with Crippen LogP contribution in [0.1, 0.15) is 58.2 Å². The summed E-state index contributed by atoms with van der Waals surface area (Å²) in [7, 11) is 2.84. The molecule has 0 saturated carbocycles. The van der Waals surface area contributed by atoms with Gasteiger partial charge in [-0.25, -0.2) is 4.79 Å². The van der Waals surface area contributed by atoms with Gasteiger partial charge in [0, 0.05) is 43.3 Å². The second-order valence-corrected chi connectivity index (χ2v) is 13.1. The third kappa shape index (κ3) is 8.38. The van der Waals surface area contributed by atoms with Crippen molar-refractivity contribution in [2.45, 2.75) is 77.8 Å². The first-order valence-corrected chi connectivity index (χ1v) is 16.4. The van der Waals surface area contributed by atoms with Crippen LogP contribution in [0.4, 0.5) is 0 Å². The normalized spacial score (nSPS) is 28.1. The number of para-hydroxylation sites is 1. The molecule has 12 heteroatoms. The van der Waals surface area contributed by atoms with Gasteiger partial charge in [-0.15, -0.1) is 0 Å². The van der Waals surface area contributed by atoms with Gasteiger partial charge in [0.2, 0.25) is 17.7 Å². The molecule has 3 aromatic rings. The standard InChI is InChI=1S/C36H45ClN4O7/c1-19-16-20(2)23(5)48-36(46)31(47-7)30(24-12-14-25(42)15-13-24)40-34(44)29(18-27-26-10-8-9-11-28(26)39-32(27)37)41(6)35(45)22(4)38-33(43)21(3)17-19/h8-16,20-23,29-31,39,42H,17-18H2,1-7H3,(H,38,43)(H,40,44)/b19-16+/t20-,21+,22+,23-,29-,30+,31+/m1/s1. The minimum absolute atomic E-state index is 0.00560. The number of phenols is 1. The summed E-state index contributed by atoms with van der Waals surface area (Å²) in [5.41, 5.74) is 2.77. The van der Waals surface area contributed by atoms with Crippen LogP contribution in [0.2, 0.25) is 5.15 Å². The monoisotopic (exact) mass is 680 g/mol. The van der Waals surface area contributed by atoms with Gasteiger partial charge in [0.15, 0.2) is 6.10 Å². The number of aromatic amines is 1. The van der Waals surface area contributed by atoms with Crippen LogP contribution in [0.25, 0.3) is 10.9 Å². The molecule has 0 fully saturated rings. The number of phenolic OH excluding ortho intramolecular Hbond substituents is 1. The number of hydrogen-bond donors (Lipinski definition) is 4. The smallest absolute Gasteiger partial charge is 0.338 e. The molecule has 7 atom stereocenters. The number of H-pyrrole nitrogens is 1. The Bertz CT molecular complexity index is 1670. The molecule has 0 saturated heterocycles. The highest BCUT2D eigenvalue weighted by atomic mass is 35.5. The van der Waals surface area contributed by atoms with Crippen LogP contribution < -0.4 is 10.6 Å². The molecule has 4 N–H and O–H groups in total. The number of nitrogens with zero attached hydrogens (tertiary/aromatic N) is 1. The van der Waals surface area contributed by atoms with E-state index in [0.29, 0.717) is 22.7 Å². The van der Waals surface area contributed by atoms with E-state index in [1.165, 1.54) is 31.2 Å². The average Bonchev–Trinajstić information content (AvgIpc) is 3.36. The minimum atomic E-state index is -1.28. The van der Waals surface area contributed by atoms with E-state index < -0.39 is 54.0 Å². The highest BCUT2D eigenvalue weighted by Gasteiger charge is 2.38. The van der Waals surface area contributed by atoms with Crippen molar-refractivity contribution in [1.82, 2.24) is 20.5 Å². The molecule has 3 amide bonds. The number of halogens is 1. The van der Waals surface area contributed by atoms with Gasteiger partial charge in [0.1, 0.15) is 29.1 Å². The van der Waals surface area contributed by atoms with E-state index in [9.17, 15) is 24.3 Å². The first-order chi connectivity index (χ1) is 22.7. The first-order valence-electron chi connectivity index (χ1n) is 16.0. The summed E-state index contributed by atoms with van der Waals surface area (Å²) in [6, 6.07) is 10.3. The van der Waals surface area contributed by atoms with E-state index in [0.717, 1.165) is 16.5 Å². The predicted molar refractivity (Wildman–Crippen MR) is 183 cm³/mol. The van der Waals surface area contributed by atoms with Gasteiger partial charge < -0.3 is 35.1 Å². The van der Waals surface area contributed by atoms with Crippen molar-refractivity contribution in [2.75, 3.05) is 14.2 Å². The van der Waals surface area contributed by atoms with Gasteiger partial charge in [-0.1, -0.05) is 67.4 Å². The fraction of sp³-hybridized carbons (Fsp3) is 0.444. The number of esters is 1. The van der Waals surface area contributed by atoms with E-state index in [1.807, 2.05) is 44.2 Å². The van der Waals surface area contributed by atoms with Crippen molar-refractivity contribution < 1.29 is 33.8 Å². The maximum absolute atomic E-state index is 14.4. The summed E-state index contributed by atoms with van der Waals surface area (Å²) >= 11 is 6.65. The van der Waals surface area contributed by atoms with Crippen LogP contribution in [0, 0.1) is 11.8 Å². The lowest BCUT2D eigenvalue weighted by molar-refractivity contribution is -0.164. The Hall–Kier alpha value is -4.35. The number of hydrogen-bond acceptors (Lipinski definition) is 7. The van der Waals surface area contributed by atoms with Crippen LogP contribution >= 0.6 is 11.6 Å². The Balaban J connectivity index is 1.82. The number of fused-ring (bicyclic) bond motifs is 1. The lowest BCUT2D eigenvalue weighted by atomic mass is 9.95. The number of aromatic hydroxyl groups is 1. The maximum Gasteiger partial charge on any atom is 0.338 e. The van der Waals surface area contributed by atoms with Gasteiger partial charge in [-0.3, -0.25) is 14.4 Å². The number of benzene rings is 2. The fourth-order valence-corrected chi connectivity index (χ4v) is 6.34. The van der Waals surface area contributed by atoms with Crippen LogP contribution in [0.3, 0.4) is 0 Å². The number of amides is 3. The molecule has 1 aromatic heterocycles. The number of likely N-dealkylation sites (N-methyl/N-ethyl adjacent to an activating group) is 1. The number of cyclic esters (lactones) is 1. The van der Waals surface area contributed by atoms with Gasteiger partial charge >= 0.3 is 5.97 Å². The molecule has 0 radical (unpaired) electrons. The van der Waals surface area contributed by atoms with Gasteiger partial charge in [0.25, 0.3) is 0 Å². The van der Waals surface area contributed by atoms with Crippen molar-refractivity contribution in [3.05, 3.63) is 76.5 Å². The summed E-state index contributed by atoms with van der Waals surface area (Å²) in [5, 5.41) is 16.8. The quantitative estimate of drug-likeness (QED) is 0.228. The molecule has 258 valence electrons. The molecule has 1 aliphatic heterocycles. The van der Waals surface area contributed by atoms with E-state index >= 15 is 0 Å². The van der Waals surface area contributed by atoms with E-state index in [4.69, 9.17) is 21.1 Å². The summed E-state index contributed by atoms with van der Waals surface area (Å²) in [5.74, 6) is -2.76. The van der Waals surface area contributed by atoms with Gasteiger partial charge in [-0.2, -0.15) is 0 Å². The topological polar surface area (TPSA) is 150 Å². The Labute approximate surface area is 286 Å². The van der Waals surface area contributed by atoms with E-state index in [-0.39, 0.29) is 24.0 Å². The number of aromatic nitrogens is 1. The molecule has 48 heavy (non-hydrogen) atoms. The van der Waals surface area contributed by atoms with Crippen molar-refractivity contribution in [3.8, 4) is 5.75 Å². The second-order valence-electron chi connectivity index (χ2n) is 12.7. The van der Waals surface area contributed by atoms with Crippen molar-refractivity contribution in [2.24, 2.45) is 11.8 Å². The molecular weight excluding hydrogens is 636 g/mol. The van der Waals surface area contributed by atoms with Crippen molar-refractivity contribution in [3.63, 3.8) is 0 Å². The highest BCUT2D eigenvalue weighted by molar-refractivity contribution is 6.31. The molecule has 2 aromatic carbocycles. The molecular formula is C36H45ClN4O7. The number of allylic oxidation sites excluding steroid dienone is 1. The fourth-order valence-electron chi connectivity index (χ4n) is 6.06. The summed E-state index contributed by atoms with van der Waals surface area (Å²) in [6.07, 6.45) is 0.547. The van der Waals surface area contributed by atoms with Gasteiger partial charge in [0.05, 0.1) is 6.04 Å². The zero-order valence-electron chi connectivity index (χ0n) is 28.4. The summed E-state index contributed by atoms with van der Waals surface area (Å²) in [4.78, 5) is 59.6. The number of carbonyl (C=O) groups excluding carboxylic acids is 4. The molecule has 2 heterocycles. The molecule has 0 bridgehead atoms. The molecule has 1 aliphatic rings. The van der Waals surface area contributed by atoms with Crippen LogP contribution in [0.15, 0.2) is 60.2 Å². The predicted octanol–water partition coefficient (Wildman–Crippen LogP) is 4.83. The maximum atomic E-state index is 14.4. The number of rotatable bonds is 4. The lowest BCUT2D eigenvalue weighted by Crippen LogP contribution is -2.56. The zero-order chi connectivity index (χ0) is 35.3. The first kappa shape index (κ1) is 36.5. The van der Waals surface area contributed by atoms with E-state index in [2.05, 4.69) is 15.6 Å². The summed E-state index contributed by atoms with van der Waals surface area (Å²) < 4.78 is 11.6. The molecule has 0 spiro atoms. The largest absolute Gasteiger partial charge is 0.508 e. The highest BCUT2D eigenvalue weighted by Crippen LogP contribution is 2.30. The van der Waals surface area contributed by atoms with Gasteiger partial charge in [-0.05, 0) is 56.5 Å². The third-order valence-corrected chi connectivity index (χ3v) is 9.33. The molecule has 0 aliphatic carbocycles. The molecule has 4 rings (SSSR count). The average molecular weight is 681 g/mol. The third-order valence-electron chi connectivity index (χ3n) is 9.01. The number of carbonyl (C=O) groups is 4. The van der Waals surface area contributed by atoms with Crippen LogP contribution in [0.5, 0.6) is 5.75 Å². The number of nitrogens with one attached hydrogen (secondary N) is 3. The summed E-state index contributed by atoms with van der Waals surface area (Å²) in [6.45, 7) is 8.94. The lowest BCUT2D eigenvalue weighted by Gasteiger charge is -2.33.